The molecule has 0 bridgehead atoms. The molecule has 0 saturated carbocycles. The summed E-state index contributed by atoms with van der Waals surface area (Å²) in [5, 5.41) is 0. The number of amides is 1. The molecule has 0 radical (unpaired) electrons. The summed E-state index contributed by atoms with van der Waals surface area (Å²) < 4.78 is 2.06. The summed E-state index contributed by atoms with van der Waals surface area (Å²) in [6.45, 7) is 10.4. The Bertz CT molecular complexity index is 1410. The second-order valence-corrected chi connectivity index (χ2v) is 10.8. The number of benzene rings is 1. The highest BCUT2D eigenvalue weighted by Gasteiger charge is 2.36. The molecule has 2 saturated heterocycles. The SMILES string of the molecule is CCN1CCN(c2nc3ccc(C)cn3c(=O)c2C=C2SC(=S)N(C(C)c3ccccc3)C2=O)CC1. The van der Waals surface area contributed by atoms with E-state index in [1.54, 1.807) is 21.6 Å². The molecule has 1 amide bonds. The van der Waals surface area contributed by atoms with Gasteiger partial charge in [-0.05, 0) is 43.7 Å². The number of thioether (sulfide) groups is 1. The third-order valence-electron chi connectivity index (χ3n) is 6.87. The van der Waals surface area contributed by atoms with Crippen LogP contribution in [0.25, 0.3) is 11.7 Å². The van der Waals surface area contributed by atoms with Crippen molar-refractivity contribution in [3.63, 3.8) is 0 Å². The van der Waals surface area contributed by atoms with E-state index in [4.69, 9.17) is 17.2 Å². The number of carbonyl (C=O) groups is 1. The summed E-state index contributed by atoms with van der Waals surface area (Å²) in [5.74, 6) is 0.442. The minimum atomic E-state index is -0.204. The molecule has 0 spiro atoms. The Labute approximate surface area is 220 Å². The maximum Gasteiger partial charge on any atom is 0.267 e. The van der Waals surface area contributed by atoms with Crippen LogP contribution >= 0.6 is 24.0 Å². The number of rotatable bonds is 5. The number of anilines is 1. The number of piperazine rings is 1. The fourth-order valence-corrected chi connectivity index (χ4v) is 6.12. The van der Waals surface area contributed by atoms with Crippen molar-refractivity contribution in [1.82, 2.24) is 19.2 Å². The summed E-state index contributed by atoms with van der Waals surface area (Å²) in [4.78, 5) is 38.8. The van der Waals surface area contributed by atoms with Crippen LogP contribution < -0.4 is 10.5 Å². The summed E-state index contributed by atoms with van der Waals surface area (Å²) in [7, 11) is 0. The highest BCUT2D eigenvalue weighted by atomic mass is 32.2. The fourth-order valence-electron chi connectivity index (χ4n) is 4.72. The van der Waals surface area contributed by atoms with E-state index in [1.165, 1.54) is 11.8 Å². The van der Waals surface area contributed by atoms with E-state index in [1.807, 2.05) is 56.3 Å². The summed E-state index contributed by atoms with van der Waals surface area (Å²) in [5.41, 5.74) is 2.81. The zero-order valence-corrected chi connectivity index (χ0v) is 22.3. The van der Waals surface area contributed by atoms with Crippen LogP contribution in [0.5, 0.6) is 0 Å². The van der Waals surface area contributed by atoms with Gasteiger partial charge in [-0.2, -0.15) is 0 Å². The zero-order valence-electron chi connectivity index (χ0n) is 20.7. The molecule has 2 aliphatic heterocycles. The van der Waals surface area contributed by atoms with Crippen LogP contribution in [0.4, 0.5) is 5.82 Å². The van der Waals surface area contributed by atoms with Crippen LogP contribution in [0.3, 0.4) is 0 Å². The van der Waals surface area contributed by atoms with Gasteiger partial charge in [0.1, 0.15) is 15.8 Å². The van der Waals surface area contributed by atoms with E-state index < -0.39 is 0 Å². The molecule has 4 heterocycles. The first-order valence-electron chi connectivity index (χ1n) is 12.2. The molecule has 0 N–H and O–H groups in total. The first kappa shape index (κ1) is 24.7. The number of fused-ring (bicyclic) bond motifs is 1. The van der Waals surface area contributed by atoms with E-state index in [2.05, 4.69) is 16.7 Å². The van der Waals surface area contributed by atoms with Crippen molar-refractivity contribution in [3.05, 3.63) is 80.6 Å². The molecule has 9 heteroatoms. The number of aryl methyl sites for hydroxylation is 1. The normalized spacial score (nSPS) is 19.0. The lowest BCUT2D eigenvalue weighted by atomic mass is 10.1. The van der Waals surface area contributed by atoms with Crippen LogP contribution in [0.2, 0.25) is 0 Å². The van der Waals surface area contributed by atoms with Crippen molar-refractivity contribution >= 4 is 51.7 Å². The van der Waals surface area contributed by atoms with Crippen LogP contribution in [0.1, 0.15) is 36.6 Å². The molecule has 1 atom stereocenters. The van der Waals surface area contributed by atoms with Crippen molar-refractivity contribution in [2.75, 3.05) is 37.6 Å². The predicted octanol–water partition coefficient (Wildman–Crippen LogP) is 4.11. The topological polar surface area (TPSA) is 61.2 Å². The standard InChI is InChI=1S/C27H29N5O2S2/c1-4-29-12-14-30(15-13-29)24-21(25(33)31-17-18(2)10-11-23(31)28-24)16-22-26(34)32(27(35)36-22)19(3)20-8-6-5-7-9-20/h5-11,16-17,19H,4,12-15H2,1-3H3. The molecular weight excluding hydrogens is 490 g/mol. The molecule has 2 fully saturated rings. The van der Waals surface area contributed by atoms with Gasteiger partial charge < -0.3 is 9.80 Å². The molecule has 5 rings (SSSR count). The highest BCUT2D eigenvalue weighted by Crippen LogP contribution is 2.38. The van der Waals surface area contributed by atoms with Gasteiger partial charge in [-0.3, -0.25) is 18.9 Å². The Balaban J connectivity index is 1.57. The number of pyridine rings is 1. The number of hydrogen-bond donors (Lipinski definition) is 0. The van der Waals surface area contributed by atoms with Gasteiger partial charge in [-0.25, -0.2) is 4.98 Å². The summed E-state index contributed by atoms with van der Waals surface area (Å²) in [6.07, 6.45) is 3.49. The second-order valence-electron chi connectivity index (χ2n) is 9.15. The first-order chi connectivity index (χ1) is 17.4. The minimum absolute atomic E-state index is 0.182. The van der Waals surface area contributed by atoms with E-state index in [9.17, 15) is 9.59 Å². The van der Waals surface area contributed by atoms with E-state index >= 15 is 0 Å². The second kappa shape index (κ2) is 10.2. The molecular formula is C27H29N5O2S2. The van der Waals surface area contributed by atoms with Gasteiger partial charge >= 0.3 is 0 Å². The van der Waals surface area contributed by atoms with Gasteiger partial charge in [0.15, 0.2) is 0 Å². The lowest BCUT2D eigenvalue weighted by molar-refractivity contribution is -0.123. The molecule has 0 aliphatic carbocycles. The first-order valence-corrected chi connectivity index (χ1v) is 13.4. The molecule has 2 aliphatic rings. The smallest absolute Gasteiger partial charge is 0.267 e. The van der Waals surface area contributed by atoms with Gasteiger partial charge in [0.2, 0.25) is 0 Å². The Morgan fingerprint density at radius 2 is 1.81 bits per heavy atom. The number of thiocarbonyl (C=S) groups is 1. The van der Waals surface area contributed by atoms with Crippen LogP contribution in [-0.2, 0) is 4.79 Å². The maximum absolute atomic E-state index is 13.8. The minimum Gasteiger partial charge on any atom is -0.353 e. The van der Waals surface area contributed by atoms with Gasteiger partial charge in [0.05, 0.1) is 16.5 Å². The Morgan fingerprint density at radius 1 is 1.08 bits per heavy atom. The quantitative estimate of drug-likeness (QED) is 0.371. The maximum atomic E-state index is 13.8. The third-order valence-corrected chi connectivity index (χ3v) is 8.20. The number of carbonyl (C=O) groups excluding carboxylic acids is 1. The molecule has 2 aromatic heterocycles. The third kappa shape index (κ3) is 4.58. The summed E-state index contributed by atoms with van der Waals surface area (Å²) >= 11 is 6.85. The molecule has 1 aromatic carbocycles. The highest BCUT2D eigenvalue weighted by molar-refractivity contribution is 8.26. The Morgan fingerprint density at radius 3 is 2.50 bits per heavy atom. The molecule has 7 nitrogen and oxygen atoms in total. The van der Waals surface area contributed by atoms with Crippen LogP contribution in [-0.4, -0.2) is 62.1 Å². The van der Waals surface area contributed by atoms with Crippen molar-refractivity contribution in [2.45, 2.75) is 26.8 Å². The van der Waals surface area contributed by atoms with Crippen LogP contribution in [0.15, 0.2) is 58.4 Å². The average molecular weight is 520 g/mol. The van der Waals surface area contributed by atoms with E-state index in [0.717, 1.165) is 43.9 Å². The van der Waals surface area contributed by atoms with Crippen molar-refractivity contribution in [2.24, 2.45) is 0 Å². The van der Waals surface area contributed by atoms with Gasteiger partial charge in [0.25, 0.3) is 11.5 Å². The van der Waals surface area contributed by atoms with E-state index in [0.29, 0.717) is 26.3 Å². The van der Waals surface area contributed by atoms with E-state index in [-0.39, 0.29) is 17.5 Å². The Hall–Kier alpha value is -3.01. The van der Waals surface area contributed by atoms with Gasteiger partial charge in [-0.15, -0.1) is 0 Å². The lowest BCUT2D eigenvalue weighted by Gasteiger charge is -2.35. The number of aromatic nitrogens is 2. The molecule has 186 valence electrons. The fraction of sp³-hybridized carbons (Fsp3) is 0.333. The average Bonchev–Trinajstić information content (AvgIpc) is 3.18. The van der Waals surface area contributed by atoms with Crippen molar-refractivity contribution in [1.29, 1.82) is 0 Å². The van der Waals surface area contributed by atoms with Gasteiger partial charge in [0, 0.05) is 32.4 Å². The van der Waals surface area contributed by atoms with Crippen molar-refractivity contribution < 1.29 is 4.79 Å². The largest absolute Gasteiger partial charge is 0.353 e. The summed E-state index contributed by atoms with van der Waals surface area (Å²) in [6, 6.07) is 13.4. The lowest BCUT2D eigenvalue weighted by Crippen LogP contribution is -2.47. The number of hydrogen-bond acceptors (Lipinski definition) is 7. The monoisotopic (exact) mass is 519 g/mol. The molecule has 3 aromatic rings. The predicted molar refractivity (Wildman–Crippen MR) is 150 cm³/mol. The Kier molecular flexibility index (Phi) is 6.96. The van der Waals surface area contributed by atoms with Crippen LogP contribution in [0, 0.1) is 6.92 Å². The zero-order chi connectivity index (χ0) is 25.4. The number of nitrogens with zero attached hydrogens (tertiary/aromatic N) is 5. The van der Waals surface area contributed by atoms with Gasteiger partial charge in [-0.1, -0.05) is 67.3 Å². The van der Waals surface area contributed by atoms with Crippen molar-refractivity contribution in [3.8, 4) is 0 Å². The number of likely N-dealkylation sites (N-methyl/N-ethyl adjacent to an activating group) is 1. The molecule has 36 heavy (non-hydrogen) atoms. The molecule has 1 unspecified atom stereocenters.